The lowest BCUT2D eigenvalue weighted by molar-refractivity contribution is -0.161. The van der Waals surface area contributed by atoms with Crippen molar-refractivity contribution in [1.29, 1.82) is 0 Å². The normalized spacial score (nSPS) is 12.5. The zero-order valence-electron chi connectivity index (χ0n) is 27.5. The Bertz CT molecular complexity index is 682. The lowest BCUT2D eigenvalue weighted by Crippen LogP contribution is -2.28. The highest BCUT2D eigenvalue weighted by atomic mass is 16.6. The van der Waals surface area contributed by atoms with E-state index in [9.17, 15) is 14.7 Å². The average molecular weight is 591 g/mol. The summed E-state index contributed by atoms with van der Waals surface area (Å²) in [7, 11) is 0. The fourth-order valence-electron chi connectivity index (χ4n) is 4.74. The topological polar surface area (TPSA) is 72.8 Å². The molecule has 0 aromatic carbocycles. The number of aliphatic hydroxyl groups is 1. The lowest BCUT2D eigenvalue weighted by Gasteiger charge is -2.15. The number of ether oxygens (including phenoxy) is 2. The smallest absolute Gasteiger partial charge is 0.306 e. The van der Waals surface area contributed by atoms with Gasteiger partial charge in [0.25, 0.3) is 0 Å². The van der Waals surface area contributed by atoms with Crippen LogP contribution in [0.3, 0.4) is 0 Å². The quantitative estimate of drug-likeness (QED) is 0.0494. The Kier molecular flexibility index (Phi) is 32.1. The van der Waals surface area contributed by atoms with Crippen LogP contribution in [0.5, 0.6) is 0 Å². The molecule has 42 heavy (non-hydrogen) atoms. The minimum Gasteiger partial charge on any atom is -0.462 e. The number of rotatable bonds is 31. The number of aliphatic hydroxyl groups excluding tert-OH is 1. The molecule has 0 aromatic heterocycles. The van der Waals surface area contributed by atoms with Crippen LogP contribution in [0.15, 0.2) is 36.5 Å². The van der Waals surface area contributed by atoms with E-state index in [4.69, 9.17) is 9.47 Å². The van der Waals surface area contributed by atoms with Crippen LogP contribution in [0.1, 0.15) is 168 Å². The molecule has 0 heterocycles. The fourth-order valence-corrected chi connectivity index (χ4v) is 4.74. The highest BCUT2D eigenvalue weighted by molar-refractivity contribution is 5.70. The summed E-state index contributed by atoms with van der Waals surface area (Å²) in [5, 5.41) is 9.50. The molecule has 0 aliphatic rings. The molecule has 0 spiro atoms. The summed E-state index contributed by atoms with van der Waals surface area (Å²) in [4.78, 5) is 24.1. The molecule has 1 N–H and O–H groups in total. The zero-order chi connectivity index (χ0) is 30.8. The predicted molar refractivity (Wildman–Crippen MR) is 178 cm³/mol. The number of unbranched alkanes of at least 4 members (excludes halogenated alkanes) is 17. The molecule has 0 fully saturated rings. The summed E-state index contributed by atoms with van der Waals surface area (Å²) in [5.41, 5.74) is 0. The van der Waals surface area contributed by atoms with Gasteiger partial charge in [0.2, 0.25) is 0 Å². The third-order valence-electron chi connectivity index (χ3n) is 7.44. The van der Waals surface area contributed by atoms with Crippen molar-refractivity contribution < 1.29 is 24.2 Å². The van der Waals surface area contributed by atoms with Gasteiger partial charge in [-0.1, -0.05) is 140 Å². The minimum atomic E-state index is -0.786. The first-order valence-corrected chi connectivity index (χ1v) is 17.5. The van der Waals surface area contributed by atoms with Crippen molar-refractivity contribution in [3.8, 4) is 0 Å². The second-order valence-electron chi connectivity index (χ2n) is 11.6. The zero-order valence-corrected chi connectivity index (χ0v) is 27.5. The van der Waals surface area contributed by atoms with Gasteiger partial charge in [0.1, 0.15) is 6.61 Å². The first-order chi connectivity index (χ1) is 20.6. The van der Waals surface area contributed by atoms with E-state index in [1.54, 1.807) is 0 Å². The predicted octanol–water partition coefficient (Wildman–Crippen LogP) is 10.5. The van der Waals surface area contributed by atoms with Gasteiger partial charge in [0, 0.05) is 12.8 Å². The summed E-state index contributed by atoms with van der Waals surface area (Å²) in [6.45, 7) is 4.06. The van der Waals surface area contributed by atoms with Crippen molar-refractivity contribution in [1.82, 2.24) is 0 Å². The summed E-state index contributed by atoms with van der Waals surface area (Å²) >= 11 is 0. The summed E-state index contributed by atoms with van der Waals surface area (Å²) in [6.07, 6.45) is 39.1. The van der Waals surface area contributed by atoms with E-state index in [0.29, 0.717) is 12.8 Å². The third-order valence-corrected chi connectivity index (χ3v) is 7.44. The average Bonchev–Trinajstić information content (AvgIpc) is 2.99. The Labute approximate surface area is 259 Å². The number of hydrogen-bond donors (Lipinski definition) is 1. The van der Waals surface area contributed by atoms with Crippen LogP contribution in [-0.4, -0.2) is 36.4 Å². The van der Waals surface area contributed by atoms with Crippen molar-refractivity contribution in [2.75, 3.05) is 13.2 Å². The standard InChI is InChI=1S/C37H66O5/c1-3-5-7-9-11-13-15-17-18-20-22-24-26-28-30-32-37(40)42-35(33-38)34-41-36(39)31-29-27-25-23-21-19-16-14-12-10-8-6-4-2/h11,13,17-18,22,24,35,38H,3-10,12,14-16,19-21,23,25-34H2,1-2H3. The molecule has 5 heteroatoms. The molecule has 1 atom stereocenters. The second kappa shape index (κ2) is 33.6. The maximum atomic E-state index is 12.1. The summed E-state index contributed by atoms with van der Waals surface area (Å²) in [6, 6.07) is 0. The lowest BCUT2D eigenvalue weighted by atomic mass is 10.0. The highest BCUT2D eigenvalue weighted by Gasteiger charge is 2.16. The van der Waals surface area contributed by atoms with Gasteiger partial charge >= 0.3 is 11.9 Å². The third kappa shape index (κ3) is 31.1. The molecule has 0 saturated heterocycles. The Hall–Kier alpha value is -1.88. The van der Waals surface area contributed by atoms with Crippen molar-refractivity contribution in [2.24, 2.45) is 0 Å². The molecule has 5 nitrogen and oxygen atoms in total. The molecule has 0 saturated carbocycles. The van der Waals surface area contributed by atoms with Gasteiger partial charge in [-0.05, 0) is 51.4 Å². The van der Waals surface area contributed by atoms with E-state index in [2.05, 4.69) is 50.3 Å². The van der Waals surface area contributed by atoms with E-state index in [0.717, 1.165) is 51.4 Å². The molecule has 0 bridgehead atoms. The number of allylic oxidation sites excluding steroid dienone is 6. The molecule has 0 rings (SSSR count). The molecule has 0 radical (unpaired) electrons. The van der Waals surface area contributed by atoms with Crippen LogP contribution in [-0.2, 0) is 19.1 Å². The van der Waals surface area contributed by atoms with Gasteiger partial charge in [-0.3, -0.25) is 9.59 Å². The van der Waals surface area contributed by atoms with Gasteiger partial charge < -0.3 is 14.6 Å². The van der Waals surface area contributed by atoms with Gasteiger partial charge in [0.05, 0.1) is 6.61 Å². The Morgan fingerprint density at radius 3 is 1.48 bits per heavy atom. The fraction of sp³-hybridized carbons (Fsp3) is 0.784. The molecule has 244 valence electrons. The molecular formula is C37H66O5. The Balaban J connectivity index is 3.65. The van der Waals surface area contributed by atoms with Gasteiger partial charge in [-0.2, -0.15) is 0 Å². The number of esters is 2. The van der Waals surface area contributed by atoms with Crippen LogP contribution in [0.25, 0.3) is 0 Å². The number of carbonyl (C=O) groups excluding carboxylic acids is 2. The Morgan fingerprint density at radius 2 is 0.952 bits per heavy atom. The summed E-state index contributed by atoms with van der Waals surface area (Å²) < 4.78 is 10.5. The highest BCUT2D eigenvalue weighted by Crippen LogP contribution is 2.13. The van der Waals surface area contributed by atoms with Gasteiger partial charge in [0.15, 0.2) is 6.10 Å². The van der Waals surface area contributed by atoms with Crippen LogP contribution in [0.4, 0.5) is 0 Å². The molecule has 0 aromatic rings. The summed E-state index contributed by atoms with van der Waals surface area (Å²) in [5.74, 6) is -0.635. The van der Waals surface area contributed by atoms with E-state index in [1.165, 1.54) is 89.9 Å². The second-order valence-corrected chi connectivity index (χ2v) is 11.6. The van der Waals surface area contributed by atoms with Gasteiger partial charge in [-0.15, -0.1) is 0 Å². The van der Waals surface area contributed by atoms with Crippen molar-refractivity contribution >= 4 is 11.9 Å². The molecule has 0 aliphatic heterocycles. The largest absolute Gasteiger partial charge is 0.462 e. The van der Waals surface area contributed by atoms with Crippen LogP contribution in [0.2, 0.25) is 0 Å². The first kappa shape index (κ1) is 40.1. The maximum Gasteiger partial charge on any atom is 0.306 e. The maximum absolute atomic E-state index is 12.1. The monoisotopic (exact) mass is 590 g/mol. The van der Waals surface area contributed by atoms with Crippen LogP contribution < -0.4 is 0 Å². The molecule has 0 aliphatic carbocycles. The van der Waals surface area contributed by atoms with Crippen molar-refractivity contribution in [3.63, 3.8) is 0 Å². The molecule has 0 amide bonds. The SMILES string of the molecule is CCCCCC=CCC=CCC=CCCCCC(=O)OC(CO)COC(=O)CCCCCCCCCCCCCCC. The number of carbonyl (C=O) groups is 2. The van der Waals surface area contributed by atoms with E-state index >= 15 is 0 Å². The minimum absolute atomic E-state index is 0.0789. The molecular weight excluding hydrogens is 524 g/mol. The van der Waals surface area contributed by atoms with E-state index in [-0.39, 0.29) is 25.2 Å². The molecule has 1 unspecified atom stereocenters. The van der Waals surface area contributed by atoms with E-state index in [1.807, 2.05) is 0 Å². The van der Waals surface area contributed by atoms with Crippen molar-refractivity contribution in [2.45, 2.75) is 174 Å². The first-order valence-electron chi connectivity index (χ1n) is 17.5. The number of hydrogen-bond acceptors (Lipinski definition) is 5. The van der Waals surface area contributed by atoms with Crippen molar-refractivity contribution in [3.05, 3.63) is 36.5 Å². The van der Waals surface area contributed by atoms with E-state index < -0.39 is 6.10 Å². The van der Waals surface area contributed by atoms with Crippen LogP contribution >= 0.6 is 0 Å². The van der Waals surface area contributed by atoms with Crippen LogP contribution in [0, 0.1) is 0 Å². The van der Waals surface area contributed by atoms with Gasteiger partial charge in [-0.25, -0.2) is 0 Å². The Morgan fingerprint density at radius 1 is 0.548 bits per heavy atom.